The Hall–Kier alpha value is -2.50. The highest BCUT2D eigenvalue weighted by atomic mass is 16.5. The van der Waals surface area contributed by atoms with Crippen molar-refractivity contribution in [2.24, 2.45) is 0 Å². The molecule has 1 aromatic rings. The molecule has 0 fully saturated rings. The number of methoxy groups -OCH3 is 2. The molecule has 0 aliphatic carbocycles. The molecule has 1 aliphatic rings. The van der Waals surface area contributed by atoms with Crippen LogP contribution in [0.15, 0.2) is 23.8 Å². The maximum atomic E-state index is 11.7. The average molecular weight is 263 g/mol. The molecular weight excluding hydrogens is 250 g/mol. The Morgan fingerprint density at radius 3 is 2.74 bits per heavy atom. The van der Waals surface area contributed by atoms with Crippen molar-refractivity contribution < 1.29 is 24.2 Å². The number of esters is 1. The summed E-state index contributed by atoms with van der Waals surface area (Å²) in [7, 11) is 2.68. The monoisotopic (exact) mass is 263 g/mol. The van der Waals surface area contributed by atoms with Crippen LogP contribution in [-0.4, -0.2) is 31.2 Å². The number of amides is 1. The summed E-state index contributed by atoms with van der Waals surface area (Å²) < 4.78 is 9.62. The normalized spacial score (nSPS) is 14.3. The topological polar surface area (TPSA) is 84.9 Å². The maximum absolute atomic E-state index is 11.7. The smallest absolute Gasteiger partial charge is 0.338 e. The lowest BCUT2D eigenvalue weighted by molar-refractivity contribution is -0.137. The van der Waals surface area contributed by atoms with Crippen molar-refractivity contribution in [2.45, 2.75) is 6.42 Å². The van der Waals surface area contributed by atoms with Crippen LogP contribution in [0.1, 0.15) is 12.0 Å². The van der Waals surface area contributed by atoms with Crippen LogP contribution >= 0.6 is 0 Å². The number of aliphatic hydroxyl groups is 1. The van der Waals surface area contributed by atoms with E-state index in [9.17, 15) is 14.7 Å². The highest BCUT2D eigenvalue weighted by Crippen LogP contribution is 2.32. The van der Waals surface area contributed by atoms with E-state index >= 15 is 0 Å². The van der Waals surface area contributed by atoms with Crippen LogP contribution in [0.4, 0.5) is 5.69 Å². The number of aliphatic hydroxyl groups excluding tert-OH is 1. The zero-order chi connectivity index (χ0) is 14.0. The Kier molecular flexibility index (Phi) is 3.41. The van der Waals surface area contributed by atoms with Crippen molar-refractivity contribution >= 4 is 23.3 Å². The first-order chi connectivity index (χ1) is 9.06. The van der Waals surface area contributed by atoms with Gasteiger partial charge in [-0.15, -0.1) is 0 Å². The Morgan fingerprint density at radius 1 is 1.37 bits per heavy atom. The Labute approximate surface area is 109 Å². The second-order valence-electron chi connectivity index (χ2n) is 3.96. The molecule has 6 nitrogen and oxygen atoms in total. The summed E-state index contributed by atoms with van der Waals surface area (Å²) in [6, 6.07) is 4.79. The first-order valence-corrected chi connectivity index (χ1v) is 5.55. The summed E-state index contributed by atoms with van der Waals surface area (Å²) in [5.74, 6) is -0.899. The van der Waals surface area contributed by atoms with Gasteiger partial charge in [-0.05, 0) is 18.2 Å². The molecule has 0 atom stereocenters. The molecule has 0 spiro atoms. The molecule has 2 N–H and O–H groups in total. The molecule has 1 heterocycles. The quantitative estimate of drug-likeness (QED) is 0.789. The largest absolute Gasteiger partial charge is 0.507 e. The second kappa shape index (κ2) is 5.01. The number of carbonyl (C=O) groups is 2. The SMILES string of the molecule is COC(=O)C1=C(O)c2cc(OC)ccc2NC(=O)C1. The molecule has 0 saturated heterocycles. The van der Waals surface area contributed by atoms with Gasteiger partial charge in [-0.3, -0.25) is 4.79 Å². The minimum absolute atomic E-state index is 0.0768. The summed E-state index contributed by atoms with van der Waals surface area (Å²) in [5, 5.41) is 12.8. The van der Waals surface area contributed by atoms with Gasteiger partial charge in [0.25, 0.3) is 0 Å². The molecule has 2 rings (SSSR count). The van der Waals surface area contributed by atoms with Crippen LogP contribution in [0.3, 0.4) is 0 Å². The fraction of sp³-hybridized carbons (Fsp3) is 0.231. The van der Waals surface area contributed by atoms with Gasteiger partial charge in [-0.1, -0.05) is 0 Å². The van der Waals surface area contributed by atoms with E-state index in [4.69, 9.17) is 4.74 Å². The zero-order valence-electron chi connectivity index (χ0n) is 10.5. The predicted octanol–water partition coefficient (Wildman–Crippen LogP) is 1.48. The Balaban J connectivity index is 2.61. The van der Waals surface area contributed by atoms with Crippen molar-refractivity contribution in [3.05, 3.63) is 29.3 Å². The third-order valence-corrected chi connectivity index (χ3v) is 2.81. The number of nitrogens with one attached hydrogen (secondary N) is 1. The summed E-state index contributed by atoms with van der Waals surface area (Å²) in [5.41, 5.74) is 0.666. The first-order valence-electron chi connectivity index (χ1n) is 5.55. The van der Waals surface area contributed by atoms with Crippen LogP contribution in [0.25, 0.3) is 5.76 Å². The lowest BCUT2D eigenvalue weighted by Crippen LogP contribution is -2.14. The van der Waals surface area contributed by atoms with Gasteiger partial charge in [0.05, 0.1) is 31.9 Å². The number of rotatable bonds is 2. The number of anilines is 1. The third kappa shape index (κ3) is 2.37. The molecule has 100 valence electrons. The van der Waals surface area contributed by atoms with Crippen molar-refractivity contribution in [1.29, 1.82) is 0 Å². The molecule has 19 heavy (non-hydrogen) atoms. The minimum atomic E-state index is -0.733. The highest BCUT2D eigenvalue weighted by Gasteiger charge is 2.26. The van der Waals surface area contributed by atoms with Gasteiger partial charge in [-0.25, -0.2) is 4.79 Å². The van der Waals surface area contributed by atoms with Gasteiger partial charge >= 0.3 is 5.97 Å². The zero-order valence-corrected chi connectivity index (χ0v) is 10.5. The molecule has 0 bridgehead atoms. The number of hydrogen-bond donors (Lipinski definition) is 2. The third-order valence-electron chi connectivity index (χ3n) is 2.81. The van der Waals surface area contributed by atoms with Crippen LogP contribution in [0.2, 0.25) is 0 Å². The van der Waals surface area contributed by atoms with E-state index in [2.05, 4.69) is 10.1 Å². The Morgan fingerprint density at radius 2 is 2.11 bits per heavy atom. The van der Waals surface area contributed by atoms with E-state index in [0.29, 0.717) is 17.0 Å². The standard InChI is InChI=1S/C13H13NO5/c1-18-7-3-4-10-8(5-7)12(16)9(13(17)19-2)6-11(15)14-10/h3-5,16H,6H2,1-2H3,(H,14,15). The van der Waals surface area contributed by atoms with Crippen LogP contribution in [0, 0.1) is 0 Å². The molecule has 0 saturated carbocycles. The molecule has 0 radical (unpaired) electrons. The van der Waals surface area contributed by atoms with Crippen LogP contribution < -0.4 is 10.1 Å². The maximum Gasteiger partial charge on any atom is 0.338 e. The predicted molar refractivity (Wildman–Crippen MR) is 67.8 cm³/mol. The minimum Gasteiger partial charge on any atom is -0.507 e. The molecule has 1 amide bonds. The summed E-state index contributed by atoms with van der Waals surface area (Å²) in [6.07, 6.45) is -0.241. The second-order valence-corrected chi connectivity index (χ2v) is 3.96. The lowest BCUT2D eigenvalue weighted by atomic mass is 10.1. The summed E-state index contributed by atoms with van der Waals surface area (Å²) >= 11 is 0. The van der Waals surface area contributed by atoms with E-state index in [1.54, 1.807) is 18.2 Å². The molecule has 6 heteroatoms. The van der Waals surface area contributed by atoms with Crippen LogP contribution in [-0.2, 0) is 14.3 Å². The van der Waals surface area contributed by atoms with Gasteiger partial charge in [0, 0.05) is 5.56 Å². The number of carbonyl (C=O) groups excluding carboxylic acids is 2. The van der Waals surface area contributed by atoms with E-state index in [0.717, 1.165) is 0 Å². The fourth-order valence-corrected chi connectivity index (χ4v) is 1.85. The van der Waals surface area contributed by atoms with Gasteiger partial charge in [0.1, 0.15) is 11.5 Å². The van der Waals surface area contributed by atoms with Gasteiger partial charge in [0.15, 0.2) is 0 Å². The van der Waals surface area contributed by atoms with Gasteiger partial charge in [0.2, 0.25) is 5.91 Å². The van der Waals surface area contributed by atoms with Gasteiger partial charge in [-0.2, -0.15) is 0 Å². The van der Waals surface area contributed by atoms with Crippen LogP contribution in [0.5, 0.6) is 5.75 Å². The van der Waals surface area contributed by atoms with E-state index in [1.165, 1.54) is 14.2 Å². The molecule has 0 unspecified atom stereocenters. The van der Waals surface area contributed by atoms with E-state index < -0.39 is 11.9 Å². The van der Waals surface area contributed by atoms with Gasteiger partial charge < -0.3 is 19.9 Å². The number of ether oxygens (including phenoxy) is 2. The van der Waals surface area contributed by atoms with Crippen molar-refractivity contribution in [3.8, 4) is 5.75 Å². The number of fused-ring (bicyclic) bond motifs is 1. The fourth-order valence-electron chi connectivity index (χ4n) is 1.85. The molecule has 1 aliphatic heterocycles. The summed E-state index contributed by atoms with van der Waals surface area (Å²) in [6.45, 7) is 0. The van der Waals surface area contributed by atoms with E-state index in [1.807, 2.05) is 0 Å². The lowest BCUT2D eigenvalue weighted by Gasteiger charge is -2.09. The molecule has 1 aromatic carbocycles. The first kappa shape index (κ1) is 12.9. The van der Waals surface area contributed by atoms with Crippen molar-refractivity contribution in [1.82, 2.24) is 0 Å². The van der Waals surface area contributed by atoms with Crippen molar-refractivity contribution in [3.63, 3.8) is 0 Å². The highest BCUT2D eigenvalue weighted by molar-refractivity contribution is 6.08. The Bertz CT molecular complexity index is 576. The van der Waals surface area contributed by atoms with E-state index in [-0.39, 0.29) is 17.8 Å². The number of benzene rings is 1. The molecule has 0 aromatic heterocycles. The molecular formula is C13H13NO5. The summed E-state index contributed by atoms with van der Waals surface area (Å²) in [4.78, 5) is 23.3. The van der Waals surface area contributed by atoms with Crippen molar-refractivity contribution in [2.75, 3.05) is 19.5 Å². The average Bonchev–Trinajstić information content (AvgIpc) is 2.55. The number of hydrogen-bond acceptors (Lipinski definition) is 5.